The van der Waals surface area contributed by atoms with E-state index in [1.807, 2.05) is 60.7 Å². The number of benzene rings is 4. The van der Waals surface area contributed by atoms with Crippen LogP contribution in [0, 0.1) is 0 Å². The van der Waals surface area contributed by atoms with Crippen molar-refractivity contribution in [2.45, 2.75) is 22.6 Å². The maximum absolute atomic E-state index is 10.6. The quantitative estimate of drug-likeness (QED) is 0.0802. The zero-order valence-corrected chi connectivity index (χ0v) is 25.5. The Morgan fingerprint density at radius 3 is 1.51 bits per heavy atom. The van der Waals surface area contributed by atoms with Gasteiger partial charge in [0, 0.05) is 9.79 Å². The number of hydrogen-bond acceptors (Lipinski definition) is 8. The number of thiocarbonyl (C=S) groups is 2. The molecule has 0 spiro atoms. The van der Waals surface area contributed by atoms with E-state index in [4.69, 9.17) is 43.5 Å². The van der Waals surface area contributed by atoms with Crippen molar-refractivity contribution in [2.75, 3.05) is 0 Å². The lowest BCUT2D eigenvalue weighted by Gasteiger charge is -2.06. The van der Waals surface area contributed by atoms with E-state index in [-0.39, 0.29) is 17.4 Å². The molecule has 0 amide bonds. The van der Waals surface area contributed by atoms with Crippen LogP contribution in [0.25, 0.3) is 0 Å². The molecule has 4 aromatic rings. The smallest absolute Gasteiger partial charge is 0.307 e. The van der Waals surface area contributed by atoms with Crippen LogP contribution < -0.4 is 9.47 Å². The first-order valence-corrected chi connectivity index (χ1v) is 14.2. The molecule has 11 heteroatoms. The predicted octanol–water partition coefficient (Wildman–Crippen LogP) is 7.96. The molecule has 0 unspecified atom stereocenters. The number of thioether (sulfide) groups is 1. The Labute approximate surface area is 263 Å². The zero-order valence-electron chi connectivity index (χ0n) is 21.4. The van der Waals surface area contributed by atoms with E-state index in [1.54, 1.807) is 48.5 Å². The van der Waals surface area contributed by atoms with Crippen LogP contribution in [-0.2, 0) is 22.4 Å². The van der Waals surface area contributed by atoms with Crippen molar-refractivity contribution >= 4 is 81.3 Å². The summed E-state index contributed by atoms with van der Waals surface area (Å²) in [5.41, 5.74) is 1.56. The summed E-state index contributed by atoms with van der Waals surface area (Å²) in [7, 11) is 0. The summed E-state index contributed by atoms with van der Waals surface area (Å²) in [5, 5.41) is 17.1. The molecule has 0 saturated carbocycles. The second-order valence-electron chi connectivity index (χ2n) is 7.87. The SMILES string of the molecule is O=C(O)Cc1ccc(S)cc1.O=C(O)Cc1ccc(SC(=S)Oc2ccccc2)cc1.S=C(Cl)Oc1ccccc1. The minimum absolute atomic E-state index is 0.0196. The molecule has 0 radical (unpaired) electrons. The van der Waals surface area contributed by atoms with E-state index >= 15 is 0 Å². The Bertz CT molecular complexity index is 1400. The minimum atomic E-state index is -0.840. The number of carboxylic acid groups (broad SMARTS) is 2. The molecule has 0 bridgehead atoms. The van der Waals surface area contributed by atoms with Crippen molar-refractivity contribution in [1.82, 2.24) is 0 Å². The third kappa shape index (κ3) is 15.8. The molecule has 0 heterocycles. The fourth-order valence-corrected chi connectivity index (χ4v) is 4.24. The lowest BCUT2D eigenvalue weighted by Crippen LogP contribution is -2.01. The Morgan fingerprint density at radius 1 is 0.683 bits per heavy atom. The number of halogens is 1. The number of rotatable bonds is 7. The van der Waals surface area contributed by atoms with E-state index in [0.29, 0.717) is 15.9 Å². The van der Waals surface area contributed by atoms with Crippen LogP contribution in [0.3, 0.4) is 0 Å². The highest BCUT2D eigenvalue weighted by Gasteiger charge is 2.05. The third-order valence-electron chi connectivity index (χ3n) is 4.66. The van der Waals surface area contributed by atoms with Crippen LogP contribution in [0.15, 0.2) is 119 Å². The molecule has 4 rings (SSSR count). The molecule has 41 heavy (non-hydrogen) atoms. The molecule has 0 aliphatic carbocycles. The number of aliphatic carboxylic acids is 2. The van der Waals surface area contributed by atoms with Crippen LogP contribution in [-0.4, -0.2) is 31.0 Å². The molecule has 212 valence electrons. The summed E-state index contributed by atoms with van der Waals surface area (Å²) >= 11 is 20.4. The summed E-state index contributed by atoms with van der Waals surface area (Å²) in [6.45, 7) is 0. The molecule has 0 aliphatic heterocycles. The third-order valence-corrected chi connectivity index (χ3v) is 6.21. The molecule has 2 N–H and O–H groups in total. The number of carbonyl (C=O) groups is 2. The van der Waals surface area contributed by atoms with Gasteiger partial charge in [-0.15, -0.1) is 12.6 Å². The van der Waals surface area contributed by atoms with Crippen molar-refractivity contribution in [1.29, 1.82) is 0 Å². The first kappa shape index (κ1) is 33.8. The fraction of sp³-hybridized carbons (Fsp3) is 0.0667. The summed E-state index contributed by atoms with van der Waals surface area (Å²) in [4.78, 5) is 22.6. The molecular weight excluding hydrogens is 620 g/mol. The van der Waals surface area contributed by atoms with Crippen molar-refractivity contribution in [2.24, 2.45) is 0 Å². The lowest BCUT2D eigenvalue weighted by atomic mass is 10.2. The van der Waals surface area contributed by atoms with E-state index < -0.39 is 11.9 Å². The average molecular weight is 645 g/mol. The van der Waals surface area contributed by atoms with E-state index in [1.165, 1.54) is 11.8 Å². The summed E-state index contributed by atoms with van der Waals surface area (Å²) < 4.78 is 10.8. The molecule has 0 atom stereocenters. The number of thiol groups is 1. The largest absolute Gasteiger partial charge is 0.481 e. The molecular formula is C30H25ClO6S4. The highest BCUT2D eigenvalue weighted by atomic mass is 35.5. The van der Waals surface area contributed by atoms with Crippen LogP contribution in [0.1, 0.15) is 11.1 Å². The Balaban J connectivity index is 0.000000236. The molecule has 4 aromatic carbocycles. The standard InChI is InChI=1S/C15H12O3S2.C8H8O2S.C7H5ClOS/c16-14(17)10-11-6-8-13(9-7-11)20-15(19)18-12-4-2-1-3-5-12;9-8(10)5-6-1-3-7(11)4-2-6;8-7(10)9-6-4-2-1-3-5-6/h1-9H,10H2,(H,16,17);1-4,11H,5H2,(H,9,10);1-5H. The van der Waals surface area contributed by atoms with Gasteiger partial charge in [0.1, 0.15) is 11.5 Å². The van der Waals surface area contributed by atoms with Gasteiger partial charge >= 0.3 is 11.9 Å². The monoisotopic (exact) mass is 644 g/mol. The second kappa shape index (κ2) is 18.8. The maximum Gasteiger partial charge on any atom is 0.307 e. The first-order chi connectivity index (χ1) is 19.6. The summed E-state index contributed by atoms with van der Waals surface area (Å²) in [6.07, 6.45) is 0.101. The van der Waals surface area contributed by atoms with Crippen LogP contribution in [0.5, 0.6) is 11.5 Å². The van der Waals surface area contributed by atoms with Gasteiger partial charge in [0.05, 0.1) is 12.8 Å². The Kier molecular flexibility index (Phi) is 15.5. The highest BCUT2D eigenvalue weighted by molar-refractivity contribution is 8.22. The summed E-state index contributed by atoms with van der Waals surface area (Å²) in [6, 6.07) is 32.8. The number of carboxylic acids is 2. The normalized spacial score (nSPS) is 9.61. The van der Waals surface area contributed by atoms with Gasteiger partial charge in [0.25, 0.3) is 4.51 Å². The van der Waals surface area contributed by atoms with E-state index in [2.05, 4.69) is 24.8 Å². The molecule has 0 saturated heterocycles. The highest BCUT2D eigenvalue weighted by Crippen LogP contribution is 2.23. The van der Waals surface area contributed by atoms with E-state index in [0.717, 1.165) is 20.9 Å². The maximum atomic E-state index is 10.6. The van der Waals surface area contributed by atoms with Gasteiger partial charge in [-0.25, -0.2) is 0 Å². The van der Waals surface area contributed by atoms with Gasteiger partial charge in [-0.05, 0) is 107 Å². The number of para-hydroxylation sites is 2. The van der Waals surface area contributed by atoms with Crippen molar-refractivity contribution < 1.29 is 29.3 Å². The van der Waals surface area contributed by atoms with Crippen LogP contribution in [0.2, 0.25) is 0 Å². The summed E-state index contributed by atoms with van der Waals surface area (Å²) in [5.74, 6) is -0.278. The molecule has 6 nitrogen and oxygen atoms in total. The van der Waals surface area contributed by atoms with Crippen molar-refractivity contribution in [3.63, 3.8) is 0 Å². The fourth-order valence-electron chi connectivity index (χ4n) is 2.92. The number of ether oxygens (including phenoxy) is 2. The number of hydrogen-bond donors (Lipinski definition) is 3. The van der Waals surface area contributed by atoms with Gasteiger partial charge in [0.15, 0.2) is 0 Å². The average Bonchev–Trinajstić information content (AvgIpc) is 2.92. The Hall–Kier alpha value is -3.41. The van der Waals surface area contributed by atoms with Crippen molar-refractivity contribution in [3.8, 4) is 11.5 Å². The molecule has 0 fully saturated rings. The predicted molar refractivity (Wildman–Crippen MR) is 174 cm³/mol. The van der Waals surface area contributed by atoms with Crippen LogP contribution in [0.4, 0.5) is 0 Å². The first-order valence-electron chi connectivity index (χ1n) is 11.8. The second-order valence-corrected chi connectivity index (χ2v) is 11.0. The zero-order chi connectivity index (χ0) is 30.0. The van der Waals surface area contributed by atoms with Gasteiger partial charge in [-0.3, -0.25) is 9.59 Å². The van der Waals surface area contributed by atoms with Gasteiger partial charge in [-0.2, -0.15) is 0 Å². The van der Waals surface area contributed by atoms with Gasteiger partial charge in [-0.1, -0.05) is 60.7 Å². The van der Waals surface area contributed by atoms with Gasteiger partial charge < -0.3 is 19.7 Å². The topological polar surface area (TPSA) is 93.1 Å². The Morgan fingerprint density at radius 2 is 1.10 bits per heavy atom. The van der Waals surface area contributed by atoms with Crippen molar-refractivity contribution in [3.05, 3.63) is 120 Å². The van der Waals surface area contributed by atoms with Crippen LogP contribution >= 0.6 is 60.4 Å². The lowest BCUT2D eigenvalue weighted by molar-refractivity contribution is -0.137. The minimum Gasteiger partial charge on any atom is -0.481 e. The van der Waals surface area contributed by atoms with Gasteiger partial charge in [0.2, 0.25) is 4.38 Å². The van der Waals surface area contributed by atoms with E-state index in [9.17, 15) is 9.59 Å². The molecule has 0 aliphatic rings. The molecule has 0 aromatic heterocycles.